The molecular weight excluding hydrogens is 338 g/mol. The molecule has 0 spiro atoms. The summed E-state index contributed by atoms with van der Waals surface area (Å²) in [4.78, 5) is 12.0. The Morgan fingerprint density at radius 3 is 2.63 bits per heavy atom. The lowest BCUT2D eigenvalue weighted by Gasteiger charge is -2.26. The molecule has 1 atom stereocenters. The summed E-state index contributed by atoms with van der Waals surface area (Å²) in [5, 5.41) is 4.98. The van der Waals surface area contributed by atoms with Crippen LogP contribution in [0.25, 0.3) is 0 Å². The second-order valence-corrected chi connectivity index (χ2v) is 9.34. The van der Waals surface area contributed by atoms with Gasteiger partial charge in [-0.25, -0.2) is 10.2 Å². The van der Waals surface area contributed by atoms with Gasteiger partial charge in [-0.15, -0.1) is 0 Å². The number of hydrazine groups is 1. The minimum Gasteiger partial charge on any atom is -0.442 e. The Kier molecular flexibility index (Phi) is 5.08. The van der Waals surface area contributed by atoms with Gasteiger partial charge in [-0.1, -0.05) is 32.9 Å². The van der Waals surface area contributed by atoms with Gasteiger partial charge in [0, 0.05) is 18.5 Å². The highest BCUT2D eigenvalue weighted by Crippen LogP contribution is 2.33. The molecule has 1 aliphatic heterocycles. The van der Waals surface area contributed by atoms with Crippen LogP contribution in [0, 0.1) is 0 Å². The van der Waals surface area contributed by atoms with Gasteiger partial charge < -0.3 is 10.1 Å². The number of ether oxygens (including phenoxy) is 1. The number of alkyl carbamates (subject to hydrolysis) is 1. The second-order valence-electron chi connectivity index (χ2n) is 9.34. The second kappa shape index (κ2) is 7.04. The van der Waals surface area contributed by atoms with E-state index in [9.17, 15) is 4.79 Å². The molecule has 27 heavy (non-hydrogen) atoms. The number of benzene rings is 1. The number of anilines is 1. The number of amides is 1. The highest BCUT2D eigenvalue weighted by Gasteiger charge is 2.29. The lowest BCUT2D eigenvalue weighted by Crippen LogP contribution is -2.42. The van der Waals surface area contributed by atoms with Gasteiger partial charge in [-0.3, -0.25) is 5.01 Å². The Bertz CT molecular complexity index is 781. The standard InChI is InChI=1S/C22H31N3O2/c1-21(2,3)16-8-7-9-17(13-16)25-19-11-10-18(12-15(19)14-23-25)27-20(26)24-22(4,5)6/h7-11,13,18,23H,12,14H2,1-6H3,(H,24,26). The molecular formula is C22H31N3O2. The van der Waals surface area contributed by atoms with Crippen LogP contribution >= 0.6 is 0 Å². The predicted octanol–water partition coefficient (Wildman–Crippen LogP) is 4.42. The number of allylic oxidation sites excluding steroid dienone is 1. The molecule has 146 valence electrons. The van der Waals surface area contributed by atoms with Crippen molar-refractivity contribution in [2.75, 3.05) is 11.6 Å². The molecule has 1 heterocycles. The topological polar surface area (TPSA) is 53.6 Å². The van der Waals surface area contributed by atoms with E-state index in [1.807, 2.05) is 26.8 Å². The fraction of sp³-hybridized carbons (Fsp3) is 0.500. The van der Waals surface area contributed by atoms with Crippen molar-refractivity contribution >= 4 is 11.8 Å². The van der Waals surface area contributed by atoms with Crippen LogP contribution in [0.2, 0.25) is 0 Å². The van der Waals surface area contributed by atoms with E-state index in [2.05, 4.69) is 66.9 Å². The van der Waals surface area contributed by atoms with Gasteiger partial charge in [-0.2, -0.15) is 0 Å². The first kappa shape index (κ1) is 19.5. The Hall–Kier alpha value is -2.27. The van der Waals surface area contributed by atoms with Crippen molar-refractivity contribution in [1.82, 2.24) is 10.7 Å². The average Bonchev–Trinajstić information content (AvgIpc) is 2.95. The van der Waals surface area contributed by atoms with Gasteiger partial charge in [-0.05, 0) is 61.6 Å². The maximum atomic E-state index is 12.0. The molecule has 0 bridgehead atoms. The average molecular weight is 370 g/mol. The van der Waals surface area contributed by atoms with E-state index in [0.29, 0.717) is 6.42 Å². The molecule has 1 aromatic rings. The number of nitrogens with one attached hydrogen (secondary N) is 2. The van der Waals surface area contributed by atoms with Crippen LogP contribution < -0.4 is 15.8 Å². The summed E-state index contributed by atoms with van der Waals surface area (Å²) < 4.78 is 5.56. The SMILES string of the molecule is CC(C)(C)NC(=O)OC1C=CC2=C(CNN2c2cccc(C(C)(C)C)c2)C1. The lowest BCUT2D eigenvalue weighted by atomic mass is 9.87. The van der Waals surface area contributed by atoms with Crippen LogP contribution in [-0.4, -0.2) is 24.3 Å². The molecule has 0 fully saturated rings. The molecule has 0 saturated heterocycles. The van der Waals surface area contributed by atoms with E-state index < -0.39 is 0 Å². The van der Waals surface area contributed by atoms with Gasteiger partial charge in [0.05, 0.1) is 11.4 Å². The molecule has 2 N–H and O–H groups in total. The third-order valence-electron chi connectivity index (χ3n) is 4.68. The van der Waals surface area contributed by atoms with Crippen LogP contribution in [0.5, 0.6) is 0 Å². The largest absolute Gasteiger partial charge is 0.442 e. The first-order valence-corrected chi connectivity index (χ1v) is 9.56. The van der Waals surface area contributed by atoms with E-state index >= 15 is 0 Å². The third kappa shape index (κ3) is 4.72. The zero-order valence-electron chi connectivity index (χ0n) is 17.2. The summed E-state index contributed by atoms with van der Waals surface area (Å²) in [7, 11) is 0. The van der Waals surface area contributed by atoms with Crippen LogP contribution in [0.3, 0.4) is 0 Å². The molecule has 1 unspecified atom stereocenters. The zero-order valence-corrected chi connectivity index (χ0v) is 17.2. The summed E-state index contributed by atoms with van der Waals surface area (Å²) in [5.74, 6) is 0. The Balaban J connectivity index is 1.71. The van der Waals surface area contributed by atoms with Crippen molar-refractivity contribution in [2.24, 2.45) is 0 Å². The number of nitrogens with zero attached hydrogens (tertiary/aromatic N) is 1. The highest BCUT2D eigenvalue weighted by molar-refractivity contribution is 5.69. The van der Waals surface area contributed by atoms with Gasteiger partial charge >= 0.3 is 6.09 Å². The van der Waals surface area contributed by atoms with Crippen LogP contribution in [0.15, 0.2) is 47.7 Å². The smallest absolute Gasteiger partial charge is 0.408 e. The maximum absolute atomic E-state index is 12.0. The monoisotopic (exact) mass is 369 g/mol. The fourth-order valence-corrected chi connectivity index (χ4v) is 3.28. The Morgan fingerprint density at radius 2 is 1.96 bits per heavy atom. The molecule has 5 heteroatoms. The molecule has 1 aromatic carbocycles. The number of rotatable bonds is 2. The Labute approximate surface area is 162 Å². The molecule has 5 nitrogen and oxygen atoms in total. The quantitative estimate of drug-likeness (QED) is 0.810. The van der Waals surface area contributed by atoms with Crippen LogP contribution in [-0.2, 0) is 10.2 Å². The van der Waals surface area contributed by atoms with Crippen molar-refractivity contribution in [2.45, 2.75) is 65.0 Å². The van der Waals surface area contributed by atoms with Crippen molar-refractivity contribution in [3.05, 3.63) is 53.3 Å². The Morgan fingerprint density at radius 1 is 1.22 bits per heavy atom. The number of hydrogen-bond acceptors (Lipinski definition) is 4. The van der Waals surface area contributed by atoms with E-state index in [1.54, 1.807) is 0 Å². The summed E-state index contributed by atoms with van der Waals surface area (Å²) in [6.07, 6.45) is 4.13. The summed E-state index contributed by atoms with van der Waals surface area (Å²) in [5.41, 5.74) is 8.10. The molecule has 3 rings (SSSR count). The van der Waals surface area contributed by atoms with E-state index in [-0.39, 0.29) is 23.2 Å². The van der Waals surface area contributed by atoms with Gasteiger partial charge in [0.25, 0.3) is 0 Å². The van der Waals surface area contributed by atoms with E-state index in [4.69, 9.17) is 4.74 Å². The van der Waals surface area contributed by atoms with Crippen LogP contribution in [0.1, 0.15) is 53.5 Å². The highest BCUT2D eigenvalue weighted by atomic mass is 16.6. The van der Waals surface area contributed by atoms with Crippen molar-refractivity contribution in [1.29, 1.82) is 0 Å². The van der Waals surface area contributed by atoms with Gasteiger partial charge in [0.15, 0.2) is 0 Å². The summed E-state index contributed by atoms with van der Waals surface area (Å²) in [6.45, 7) is 13.3. The maximum Gasteiger partial charge on any atom is 0.408 e. The van der Waals surface area contributed by atoms with Gasteiger partial charge in [0.1, 0.15) is 6.10 Å². The number of carbonyl (C=O) groups excluding carboxylic acids is 1. The summed E-state index contributed by atoms with van der Waals surface area (Å²) >= 11 is 0. The van der Waals surface area contributed by atoms with Gasteiger partial charge in [0.2, 0.25) is 0 Å². The predicted molar refractivity (Wildman–Crippen MR) is 110 cm³/mol. The lowest BCUT2D eigenvalue weighted by molar-refractivity contribution is 0.111. The molecule has 1 aliphatic carbocycles. The van der Waals surface area contributed by atoms with Crippen molar-refractivity contribution in [3.63, 3.8) is 0 Å². The minimum absolute atomic E-state index is 0.106. The normalized spacial score (nSPS) is 19.9. The van der Waals surface area contributed by atoms with E-state index in [0.717, 1.165) is 17.9 Å². The van der Waals surface area contributed by atoms with Crippen molar-refractivity contribution in [3.8, 4) is 0 Å². The molecule has 0 saturated carbocycles. The zero-order chi connectivity index (χ0) is 19.8. The third-order valence-corrected chi connectivity index (χ3v) is 4.68. The number of hydrogen-bond donors (Lipinski definition) is 2. The first-order chi connectivity index (χ1) is 12.5. The summed E-state index contributed by atoms with van der Waals surface area (Å²) in [6, 6.07) is 8.62. The fourth-order valence-electron chi connectivity index (χ4n) is 3.28. The molecule has 1 amide bonds. The number of carbonyl (C=O) groups is 1. The van der Waals surface area contributed by atoms with Crippen molar-refractivity contribution < 1.29 is 9.53 Å². The minimum atomic E-state index is -0.373. The first-order valence-electron chi connectivity index (χ1n) is 9.56. The van der Waals surface area contributed by atoms with E-state index in [1.165, 1.54) is 11.1 Å². The molecule has 0 radical (unpaired) electrons. The molecule has 2 aliphatic rings. The van der Waals surface area contributed by atoms with Crippen LogP contribution in [0.4, 0.5) is 10.5 Å². The molecule has 0 aromatic heterocycles.